The van der Waals surface area contributed by atoms with Crippen LogP contribution in [0.2, 0.25) is 0 Å². The van der Waals surface area contributed by atoms with Crippen LogP contribution in [0.3, 0.4) is 0 Å². The van der Waals surface area contributed by atoms with Crippen LogP contribution < -0.4 is 10.6 Å². The topological polar surface area (TPSA) is 70.1 Å². The molecule has 0 saturated carbocycles. The Hall–Kier alpha value is -2.35. The average Bonchev–Trinajstić information content (AvgIpc) is 2.45. The maximum atomic E-state index is 12.8. The van der Waals surface area contributed by atoms with Crippen molar-refractivity contribution in [3.63, 3.8) is 0 Å². The second-order valence-corrected chi connectivity index (χ2v) is 4.10. The number of nitrogens with one attached hydrogen (secondary N) is 2. The Morgan fingerprint density at radius 1 is 1.10 bits per heavy atom. The number of aliphatic hydroxyl groups is 1. The number of hydrogen-bond acceptors (Lipinski definition) is 5. The molecule has 0 aliphatic heterocycles. The predicted molar refractivity (Wildman–Crippen MR) is 72.3 cm³/mol. The Kier molecular flexibility index (Phi) is 4.59. The molecule has 5 nitrogen and oxygen atoms in total. The third-order valence-corrected chi connectivity index (χ3v) is 2.46. The fourth-order valence-electron chi connectivity index (χ4n) is 1.57. The second-order valence-electron chi connectivity index (χ2n) is 4.10. The summed E-state index contributed by atoms with van der Waals surface area (Å²) in [7, 11) is 0. The number of nitrogens with zero attached hydrogens (tertiary/aromatic N) is 2. The lowest BCUT2D eigenvalue weighted by molar-refractivity contribution is -0.141. The van der Waals surface area contributed by atoms with E-state index in [0.717, 1.165) is 6.07 Å². The van der Waals surface area contributed by atoms with Gasteiger partial charge in [0.25, 0.3) is 0 Å². The molecule has 0 unspecified atom stereocenters. The molecule has 1 aromatic carbocycles. The normalized spacial score (nSPS) is 11.2. The molecule has 0 spiro atoms. The molecule has 0 saturated heterocycles. The van der Waals surface area contributed by atoms with Crippen LogP contribution in [0.4, 0.5) is 30.6 Å². The standard InChI is InChI=1S/C13H13F3N4O/c14-13(15,16)10-8-11(18-9-4-2-1-3-5-9)20-12(19-10)17-6-7-21/h1-5,8,21H,6-7H2,(H2,17,18,19,20). The molecular weight excluding hydrogens is 285 g/mol. The van der Waals surface area contributed by atoms with Crippen molar-refractivity contribution in [2.45, 2.75) is 6.18 Å². The lowest BCUT2D eigenvalue weighted by Gasteiger charge is -2.12. The van der Waals surface area contributed by atoms with Gasteiger partial charge in [-0.1, -0.05) is 18.2 Å². The van der Waals surface area contributed by atoms with E-state index >= 15 is 0 Å². The molecular formula is C13H13F3N4O. The van der Waals surface area contributed by atoms with E-state index in [9.17, 15) is 13.2 Å². The Morgan fingerprint density at radius 2 is 1.81 bits per heavy atom. The first-order valence-corrected chi connectivity index (χ1v) is 6.12. The zero-order chi connectivity index (χ0) is 15.3. The van der Waals surface area contributed by atoms with Gasteiger partial charge < -0.3 is 15.7 Å². The van der Waals surface area contributed by atoms with Gasteiger partial charge in [-0.25, -0.2) is 4.98 Å². The molecule has 8 heteroatoms. The molecule has 0 fully saturated rings. The second kappa shape index (κ2) is 6.40. The van der Waals surface area contributed by atoms with Gasteiger partial charge in [0.2, 0.25) is 5.95 Å². The average molecular weight is 298 g/mol. The zero-order valence-corrected chi connectivity index (χ0v) is 10.9. The van der Waals surface area contributed by atoms with Gasteiger partial charge in [-0.3, -0.25) is 0 Å². The number of para-hydroxylation sites is 1. The van der Waals surface area contributed by atoms with Crippen LogP contribution in [0.1, 0.15) is 5.69 Å². The SMILES string of the molecule is OCCNc1nc(Nc2ccccc2)cc(C(F)(F)F)n1. The van der Waals surface area contributed by atoms with Crippen molar-refractivity contribution in [1.29, 1.82) is 0 Å². The minimum Gasteiger partial charge on any atom is -0.395 e. The van der Waals surface area contributed by atoms with Crippen molar-refractivity contribution in [2.75, 3.05) is 23.8 Å². The first-order valence-electron chi connectivity index (χ1n) is 6.12. The molecule has 112 valence electrons. The Balaban J connectivity index is 2.30. The van der Waals surface area contributed by atoms with Crippen molar-refractivity contribution in [3.8, 4) is 0 Å². The number of anilines is 3. The number of aromatic nitrogens is 2. The summed E-state index contributed by atoms with van der Waals surface area (Å²) in [6.07, 6.45) is -4.58. The summed E-state index contributed by atoms with van der Waals surface area (Å²) in [5.41, 5.74) is -0.450. The highest BCUT2D eigenvalue weighted by molar-refractivity contribution is 5.57. The maximum Gasteiger partial charge on any atom is 0.433 e. The van der Waals surface area contributed by atoms with Crippen molar-refractivity contribution >= 4 is 17.5 Å². The number of hydrogen-bond donors (Lipinski definition) is 3. The van der Waals surface area contributed by atoms with E-state index in [1.807, 2.05) is 0 Å². The van der Waals surface area contributed by atoms with Gasteiger partial charge in [0.15, 0.2) is 5.69 Å². The summed E-state index contributed by atoms with van der Waals surface area (Å²) in [5, 5.41) is 14.0. The molecule has 0 bridgehead atoms. The predicted octanol–water partition coefficient (Wildman–Crippen LogP) is 2.64. The number of rotatable bonds is 5. The molecule has 0 radical (unpaired) electrons. The molecule has 3 N–H and O–H groups in total. The van der Waals surface area contributed by atoms with Gasteiger partial charge in [-0.15, -0.1) is 0 Å². The highest BCUT2D eigenvalue weighted by Gasteiger charge is 2.33. The maximum absolute atomic E-state index is 12.8. The van der Waals surface area contributed by atoms with Gasteiger partial charge in [0.1, 0.15) is 5.82 Å². The third-order valence-electron chi connectivity index (χ3n) is 2.46. The van der Waals surface area contributed by atoms with E-state index < -0.39 is 11.9 Å². The Morgan fingerprint density at radius 3 is 2.43 bits per heavy atom. The van der Waals surface area contributed by atoms with Crippen molar-refractivity contribution in [2.24, 2.45) is 0 Å². The lowest BCUT2D eigenvalue weighted by Crippen LogP contribution is -2.15. The van der Waals surface area contributed by atoms with Crippen molar-refractivity contribution < 1.29 is 18.3 Å². The van der Waals surface area contributed by atoms with Crippen LogP contribution >= 0.6 is 0 Å². The number of aliphatic hydroxyl groups excluding tert-OH is 1. The zero-order valence-electron chi connectivity index (χ0n) is 10.9. The smallest absolute Gasteiger partial charge is 0.395 e. The number of benzene rings is 1. The van der Waals surface area contributed by atoms with Crippen LogP contribution in [0.15, 0.2) is 36.4 Å². The number of alkyl halides is 3. The molecule has 2 aromatic rings. The summed E-state index contributed by atoms with van der Waals surface area (Å²) < 4.78 is 38.4. The Labute approximate surface area is 118 Å². The van der Waals surface area contributed by atoms with E-state index in [4.69, 9.17) is 5.11 Å². The molecule has 0 amide bonds. The molecule has 0 aliphatic rings. The van der Waals surface area contributed by atoms with Crippen LogP contribution in [-0.4, -0.2) is 28.2 Å². The lowest BCUT2D eigenvalue weighted by atomic mass is 10.3. The summed E-state index contributed by atoms with van der Waals surface area (Å²) in [6.45, 7) is -0.173. The van der Waals surface area contributed by atoms with Crippen LogP contribution in [-0.2, 0) is 6.18 Å². The highest BCUT2D eigenvalue weighted by Crippen LogP contribution is 2.30. The van der Waals surface area contributed by atoms with E-state index in [0.29, 0.717) is 5.69 Å². The quantitative estimate of drug-likeness (QED) is 0.791. The summed E-state index contributed by atoms with van der Waals surface area (Å²) >= 11 is 0. The fraction of sp³-hybridized carbons (Fsp3) is 0.231. The van der Waals surface area contributed by atoms with Crippen molar-refractivity contribution in [3.05, 3.63) is 42.1 Å². The van der Waals surface area contributed by atoms with Crippen LogP contribution in [0.5, 0.6) is 0 Å². The third kappa shape index (κ3) is 4.32. The van der Waals surface area contributed by atoms with Crippen LogP contribution in [0, 0.1) is 0 Å². The molecule has 21 heavy (non-hydrogen) atoms. The fourth-order valence-corrected chi connectivity index (χ4v) is 1.57. The molecule has 0 aliphatic carbocycles. The van der Waals surface area contributed by atoms with Crippen LogP contribution in [0.25, 0.3) is 0 Å². The van der Waals surface area contributed by atoms with E-state index in [1.165, 1.54) is 0 Å². The van der Waals surface area contributed by atoms with Gasteiger partial charge in [-0.05, 0) is 12.1 Å². The molecule has 1 heterocycles. The van der Waals surface area contributed by atoms with Gasteiger partial charge in [0, 0.05) is 18.3 Å². The minimum atomic E-state index is -4.58. The number of halogens is 3. The summed E-state index contributed by atoms with van der Waals surface area (Å²) in [6, 6.07) is 9.53. The van der Waals surface area contributed by atoms with E-state index in [2.05, 4.69) is 20.6 Å². The van der Waals surface area contributed by atoms with E-state index in [-0.39, 0.29) is 24.9 Å². The Bertz CT molecular complexity index is 590. The van der Waals surface area contributed by atoms with Crippen molar-refractivity contribution in [1.82, 2.24) is 9.97 Å². The highest BCUT2D eigenvalue weighted by atomic mass is 19.4. The summed E-state index contributed by atoms with van der Waals surface area (Å²) in [5.74, 6) is -0.179. The molecule has 0 atom stereocenters. The minimum absolute atomic E-state index is 0.0176. The molecule has 1 aromatic heterocycles. The molecule has 2 rings (SSSR count). The monoisotopic (exact) mass is 298 g/mol. The first-order chi connectivity index (χ1) is 9.99. The van der Waals surface area contributed by atoms with Gasteiger partial charge in [0.05, 0.1) is 6.61 Å². The first kappa shape index (κ1) is 15.0. The van der Waals surface area contributed by atoms with Gasteiger partial charge in [-0.2, -0.15) is 18.2 Å². The largest absolute Gasteiger partial charge is 0.433 e. The van der Waals surface area contributed by atoms with Gasteiger partial charge >= 0.3 is 6.18 Å². The van der Waals surface area contributed by atoms with E-state index in [1.54, 1.807) is 30.3 Å². The summed E-state index contributed by atoms with van der Waals surface area (Å²) in [4.78, 5) is 7.32.